The molecule has 0 aliphatic heterocycles. The molecule has 0 radical (unpaired) electrons. The lowest BCUT2D eigenvalue weighted by Crippen LogP contribution is -2.26. The van der Waals surface area contributed by atoms with Gasteiger partial charge in [-0.25, -0.2) is 0 Å². The predicted octanol–water partition coefficient (Wildman–Crippen LogP) is 3.93. The summed E-state index contributed by atoms with van der Waals surface area (Å²) in [6, 6.07) is 4.09. The number of Topliss-reactive ketones (excluding diaryl/α,β-unsaturated/α-hetero) is 1. The minimum Gasteiger partial charge on any atom is -0.299 e. The fourth-order valence-corrected chi connectivity index (χ4v) is 3.65. The summed E-state index contributed by atoms with van der Waals surface area (Å²) in [7, 11) is 0. The Balaban J connectivity index is 1.94. The van der Waals surface area contributed by atoms with E-state index >= 15 is 0 Å². The molecule has 1 saturated carbocycles. The van der Waals surface area contributed by atoms with Gasteiger partial charge >= 0.3 is 0 Å². The Hall–Kier alpha value is -0.630. The lowest BCUT2D eigenvalue weighted by atomic mass is 9.74. The third kappa shape index (κ3) is 2.94. The molecule has 1 aliphatic rings. The van der Waals surface area contributed by atoms with Crippen LogP contribution in [0.15, 0.2) is 17.5 Å². The van der Waals surface area contributed by atoms with Gasteiger partial charge in [-0.1, -0.05) is 19.9 Å². The van der Waals surface area contributed by atoms with Gasteiger partial charge in [0.2, 0.25) is 0 Å². The fourth-order valence-electron chi connectivity index (χ4n) is 2.94. The molecule has 2 atom stereocenters. The van der Waals surface area contributed by atoms with E-state index in [2.05, 4.69) is 25.3 Å². The van der Waals surface area contributed by atoms with Crippen molar-refractivity contribution in [3.05, 3.63) is 22.4 Å². The van der Waals surface area contributed by atoms with E-state index in [-0.39, 0.29) is 0 Å². The van der Waals surface area contributed by atoms with E-state index in [1.807, 2.05) is 6.07 Å². The Morgan fingerprint density at radius 2 is 2.00 bits per heavy atom. The Morgan fingerprint density at radius 3 is 2.56 bits per heavy atom. The molecule has 2 heteroatoms. The highest BCUT2D eigenvalue weighted by Crippen LogP contribution is 2.34. The number of thiophene rings is 1. The van der Waals surface area contributed by atoms with Crippen molar-refractivity contribution in [1.29, 1.82) is 0 Å². The standard InChI is InChI=1S/C14H20OS/c1-10-6-11(2)8-12(7-10)14(15)9-13-4-3-5-16-13/h3-5,10-12H,6-9H2,1-2H3. The molecule has 0 bridgehead atoms. The summed E-state index contributed by atoms with van der Waals surface area (Å²) in [5.74, 6) is 2.23. The molecule has 2 unspecified atom stereocenters. The van der Waals surface area contributed by atoms with Gasteiger partial charge in [-0.2, -0.15) is 0 Å². The van der Waals surface area contributed by atoms with E-state index in [0.717, 1.165) is 24.7 Å². The number of carbonyl (C=O) groups is 1. The fraction of sp³-hybridized carbons (Fsp3) is 0.643. The Morgan fingerprint density at radius 1 is 1.31 bits per heavy atom. The van der Waals surface area contributed by atoms with Crippen LogP contribution in [0.4, 0.5) is 0 Å². The molecule has 88 valence electrons. The van der Waals surface area contributed by atoms with E-state index in [9.17, 15) is 4.79 Å². The molecule has 16 heavy (non-hydrogen) atoms. The number of rotatable bonds is 3. The Kier molecular flexibility index (Phi) is 3.80. The molecule has 1 heterocycles. The van der Waals surface area contributed by atoms with Crippen LogP contribution in [0.2, 0.25) is 0 Å². The second kappa shape index (κ2) is 5.13. The van der Waals surface area contributed by atoms with Crippen molar-refractivity contribution >= 4 is 17.1 Å². The number of carbonyl (C=O) groups excluding carboxylic acids is 1. The third-order valence-electron chi connectivity index (χ3n) is 3.56. The van der Waals surface area contributed by atoms with Gasteiger partial charge in [0.15, 0.2) is 0 Å². The summed E-state index contributed by atoms with van der Waals surface area (Å²) in [5, 5.41) is 2.05. The topological polar surface area (TPSA) is 17.1 Å². The van der Waals surface area contributed by atoms with Gasteiger partial charge in [-0.15, -0.1) is 11.3 Å². The molecule has 1 nitrogen and oxygen atoms in total. The van der Waals surface area contributed by atoms with Gasteiger partial charge in [0.1, 0.15) is 5.78 Å². The quantitative estimate of drug-likeness (QED) is 0.777. The van der Waals surface area contributed by atoms with E-state index in [1.54, 1.807) is 11.3 Å². The van der Waals surface area contributed by atoms with Crippen molar-refractivity contribution in [2.75, 3.05) is 0 Å². The number of hydrogen-bond donors (Lipinski definition) is 0. The largest absolute Gasteiger partial charge is 0.299 e. The minimum absolute atomic E-state index is 0.320. The van der Waals surface area contributed by atoms with Crippen LogP contribution in [-0.2, 0) is 11.2 Å². The van der Waals surface area contributed by atoms with E-state index in [4.69, 9.17) is 0 Å². The maximum Gasteiger partial charge on any atom is 0.141 e. The first-order valence-corrected chi connectivity index (χ1v) is 7.08. The van der Waals surface area contributed by atoms with Crippen molar-refractivity contribution in [2.45, 2.75) is 39.5 Å². The van der Waals surface area contributed by atoms with Crippen LogP contribution in [0.1, 0.15) is 38.0 Å². The van der Waals surface area contributed by atoms with Gasteiger partial charge in [-0.3, -0.25) is 4.79 Å². The van der Waals surface area contributed by atoms with E-state index in [1.165, 1.54) is 11.3 Å². The van der Waals surface area contributed by atoms with Crippen LogP contribution in [0.3, 0.4) is 0 Å². The van der Waals surface area contributed by atoms with E-state index < -0.39 is 0 Å². The minimum atomic E-state index is 0.320. The maximum atomic E-state index is 12.2. The normalized spacial score (nSPS) is 30.2. The van der Waals surface area contributed by atoms with Gasteiger partial charge in [-0.05, 0) is 42.5 Å². The highest BCUT2D eigenvalue weighted by atomic mass is 32.1. The van der Waals surface area contributed by atoms with Crippen molar-refractivity contribution in [3.8, 4) is 0 Å². The molecule has 1 aromatic heterocycles. The SMILES string of the molecule is CC1CC(C)CC(C(=O)Cc2cccs2)C1. The van der Waals surface area contributed by atoms with Crippen molar-refractivity contribution in [1.82, 2.24) is 0 Å². The average molecular weight is 236 g/mol. The van der Waals surface area contributed by atoms with Crippen molar-refractivity contribution in [2.24, 2.45) is 17.8 Å². The number of ketones is 1. The van der Waals surface area contributed by atoms with Gasteiger partial charge in [0.05, 0.1) is 0 Å². The summed E-state index contributed by atoms with van der Waals surface area (Å²) in [6.07, 6.45) is 4.16. The summed E-state index contributed by atoms with van der Waals surface area (Å²) >= 11 is 1.70. The van der Waals surface area contributed by atoms with Crippen LogP contribution in [0, 0.1) is 17.8 Å². The molecule has 1 aliphatic carbocycles. The monoisotopic (exact) mass is 236 g/mol. The molecule has 0 spiro atoms. The molecule has 1 fully saturated rings. The summed E-state index contributed by atoms with van der Waals surface area (Å²) in [4.78, 5) is 13.4. The predicted molar refractivity (Wildman–Crippen MR) is 68.7 cm³/mol. The first kappa shape index (κ1) is 11.8. The lowest BCUT2D eigenvalue weighted by Gasteiger charge is -2.30. The summed E-state index contributed by atoms with van der Waals surface area (Å²) < 4.78 is 0. The molecule has 0 N–H and O–H groups in total. The zero-order valence-electron chi connectivity index (χ0n) is 10.1. The first-order chi connectivity index (χ1) is 7.65. The molecule has 0 saturated heterocycles. The Labute approximate surface area is 102 Å². The maximum absolute atomic E-state index is 12.2. The zero-order valence-corrected chi connectivity index (χ0v) is 10.9. The molecule has 0 amide bonds. The van der Waals surface area contributed by atoms with Crippen LogP contribution in [0.25, 0.3) is 0 Å². The molecular weight excluding hydrogens is 216 g/mol. The van der Waals surface area contributed by atoms with Crippen molar-refractivity contribution < 1.29 is 4.79 Å². The lowest BCUT2D eigenvalue weighted by molar-refractivity contribution is -0.124. The van der Waals surface area contributed by atoms with E-state index in [0.29, 0.717) is 18.1 Å². The third-order valence-corrected chi connectivity index (χ3v) is 4.44. The van der Waals surface area contributed by atoms with Crippen LogP contribution < -0.4 is 0 Å². The van der Waals surface area contributed by atoms with Crippen LogP contribution >= 0.6 is 11.3 Å². The smallest absolute Gasteiger partial charge is 0.141 e. The zero-order chi connectivity index (χ0) is 11.5. The van der Waals surface area contributed by atoms with Gasteiger partial charge in [0.25, 0.3) is 0 Å². The summed E-state index contributed by atoms with van der Waals surface area (Å²) in [5.41, 5.74) is 0. The second-order valence-corrected chi connectivity index (χ2v) is 6.37. The second-order valence-electron chi connectivity index (χ2n) is 5.34. The molecular formula is C14H20OS. The van der Waals surface area contributed by atoms with Gasteiger partial charge < -0.3 is 0 Å². The first-order valence-electron chi connectivity index (χ1n) is 6.20. The Bertz CT molecular complexity index is 332. The van der Waals surface area contributed by atoms with Crippen molar-refractivity contribution in [3.63, 3.8) is 0 Å². The molecule has 2 rings (SSSR count). The van der Waals surface area contributed by atoms with Gasteiger partial charge in [0, 0.05) is 17.2 Å². The number of hydrogen-bond acceptors (Lipinski definition) is 2. The molecule has 1 aromatic rings. The highest BCUT2D eigenvalue weighted by molar-refractivity contribution is 7.10. The highest BCUT2D eigenvalue weighted by Gasteiger charge is 2.28. The average Bonchev–Trinajstić information content (AvgIpc) is 2.68. The van der Waals surface area contributed by atoms with Crippen LogP contribution in [-0.4, -0.2) is 5.78 Å². The van der Waals surface area contributed by atoms with Crippen LogP contribution in [0.5, 0.6) is 0 Å². The molecule has 0 aromatic carbocycles. The summed E-state index contributed by atoms with van der Waals surface area (Å²) in [6.45, 7) is 4.56.